The summed E-state index contributed by atoms with van der Waals surface area (Å²) >= 11 is 0. The Morgan fingerprint density at radius 2 is 0.681 bits per heavy atom. The van der Waals surface area contributed by atoms with Crippen molar-refractivity contribution in [2.24, 2.45) is 0 Å². The molecular formula is C80H149NO13. The third-order valence-corrected chi connectivity index (χ3v) is 19.5. The van der Waals surface area contributed by atoms with Gasteiger partial charge in [-0.15, -0.1) is 0 Å². The van der Waals surface area contributed by atoms with Crippen molar-refractivity contribution in [3.05, 3.63) is 48.6 Å². The monoisotopic (exact) mass is 1330 g/mol. The van der Waals surface area contributed by atoms with Gasteiger partial charge in [0.15, 0.2) is 12.6 Å². The zero-order valence-corrected chi connectivity index (χ0v) is 60.5. The van der Waals surface area contributed by atoms with Crippen molar-refractivity contribution in [3.8, 4) is 0 Å². The van der Waals surface area contributed by atoms with Gasteiger partial charge in [-0.1, -0.05) is 332 Å². The number of aliphatic hydroxyl groups is 8. The van der Waals surface area contributed by atoms with Gasteiger partial charge in [0.2, 0.25) is 5.91 Å². The third-order valence-electron chi connectivity index (χ3n) is 19.5. The van der Waals surface area contributed by atoms with Crippen LogP contribution in [-0.4, -0.2) is 140 Å². The minimum atomic E-state index is -1.79. The number of rotatable bonds is 67. The topological polar surface area (TPSA) is 228 Å². The van der Waals surface area contributed by atoms with E-state index in [0.29, 0.717) is 12.8 Å². The van der Waals surface area contributed by atoms with Crippen LogP contribution in [-0.2, 0) is 23.7 Å². The molecular weight excluding hydrogens is 1180 g/mol. The molecule has 2 rings (SSSR count). The predicted molar refractivity (Wildman–Crippen MR) is 388 cm³/mol. The van der Waals surface area contributed by atoms with Gasteiger partial charge in [0.1, 0.15) is 48.8 Å². The van der Waals surface area contributed by atoms with Gasteiger partial charge in [-0.05, 0) is 70.6 Å². The second kappa shape index (κ2) is 64.3. The molecule has 12 unspecified atom stereocenters. The van der Waals surface area contributed by atoms with Crippen molar-refractivity contribution >= 4 is 5.91 Å². The first-order valence-corrected chi connectivity index (χ1v) is 39.9. The maximum Gasteiger partial charge on any atom is 0.220 e. The van der Waals surface area contributed by atoms with E-state index in [1.54, 1.807) is 6.08 Å². The molecule has 2 aliphatic heterocycles. The summed E-state index contributed by atoms with van der Waals surface area (Å²) in [4.78, 5) is 13.3. The van der Waals surface area contributed by atoms with E-state index in [9.17, 15) is 45.6 Å². The van der Waals surface area contributed by atoms with Crippen molar-refractivity contribution in [2.75, 3.05) is 19.8 Å². The fourth-order valence-electron chi connectivity index (χ4n) is 13.1. The molecule has 9 N–H and O–H groups in total. The average Bonchev–Trinajstić information content (AvgIpc) is 0.794. The van der Waals surface area contributed by atoms with Gasteiger partial charge in [0.05, 0.1) is 32.0 Å². The summed E-state index contributed by atoms with van der Waals surface area (Å²) in [6.07, 6.45) is 69.4. The molecule has 0 aliphatic carbocycles. The van der Waals surface area contributed by atoms with Crippen LogP contribution in [0, 0.1) is 0 Å². The molecule has 14 heteroatoms. The quantitative estimate of drug-likeness (QED) is 0.0204. The molecule has 1 amide bonds. The number of hydrogen-bond donors (Lipinski definition) is 9. The first-order valence-electron chi connectivity index (χ1n) is 39.9. The number of aliphatic hydroxyl groups excluding tert-OH is 8. The normalized spacial score (nSPS) is 22.7. The summed E-state index contributed by atoms with van der Waals surface area (Å²) in [7, 11) is 0. The highest BCUT2D eigenvalue weighted by molar-refractivity contribution is 5.76. The first-order chi connectivity index (χ1) is 46.1. The number of unbranched alkanes of at least 4 members (excludes halogenated alkanes) is 48. The van der Waals surface area contributed by atoms with E-state index in [4.69, 9.17) is 18.9 Å². The van der Waals surface area contributed by atoms with Gasteiger partial charge in [0, 0.05) is 6.42 Å². The molecule has 0 saturated carbocycles. The van der Waals surface area contributed by atoms with Crippen LogP contribution in [0.4, 0.5) is 0 Å². The van der Waals surface area contributed by atoms with Crippen LogP contribution in [0.2, 0.25) is 0 Å². The predicted octanol–water partition coefficient (Wildman–Crippen LogP) is 17.8. The molecule has 2 fully saturated rings. The number of hydrogen-bond acceptors (Lipinski definition) is 13. The summed E-state index contributed by atoms with van der Waals surface area (Å²) in [6.45, 7) is 2.81. The van der Waals surface area contributed by atoms with E-state index in [0.717, 1.165) is 44.9 Å². The fourth-order valence-corrected chi connectivity index (χ4v) is 13.1. The van der Waals surface area contributed by atoms with Crippen molar-refractivity contribution in [1.82, 2.24) is 5.32 Å². The third kappa shape index (κ3) is 47.1. The molecule has 2 heterocycles. The van der Waals surface area contributed by atoms with Crippen molar-refractivity contribution in [1.29, 1.82) is 0 Å². The number of nitrogens with one attached hydrogen (secondary N) is 1. The Labute approximate surface area is 575 Å². The van der Waals surface area contributed by atoms with Gasteiger partial charge in [-0.3, -0.25) is 4.79 Å². The van der Waals surface area contributed by atoms with Crippen LogP contribution >= 0.6 is 0 Å². The number of ether oxygens (including phenoxy) is 4. The lowest BCUT2D eigenvalue weighted by molar-refractivity contribution is -0.359. The number of carbonyl (C=O) groups excluding carboxylic acids is 1. The first kappa shape index (κ1) is 88.0. The highest BCUT2D eigenvalue weighted by atomic mass is 16.7. The zero-order valence-electron chi connectivity index (χ0n) is 60.5. The summed E-state index contributed by atoms with van der Waals surface area (Å²) in [5.74, 6) is -0.247. The largest absolute Gasteiger partial charge is 0.394 e. The van der Waals surface area contributed by atoms with Crippen LogP contribution in [0.1, 0.15) is 361 Å². The molecule has 14 nitrogen and oxygen atoms in total. The standard InChI is InChI=1S/C80H149NO13/c1-3-5-7-9-11-13-15-17-19-21-23-24-25-26-27-28-29-30-31-32-33-34-35-36-37-38-39-40-41-42-43-44-46-48-50-52-54-56-58-60-62-64-72(85)81-68(69(84)63-61-59-57-55-53-51-49-47-45-22-20-18-16-14-12-10-8-6-4-2)67-91-79-77(90)75(88)78(71(66-83)93-79)94-80-76(89)74(87)73(86)70(65-82)92-80/h21,23,45,47,53,55,61,63,68-71,73-80,82-84,86-90H,3-20,22,24-44,46,48-52,54,56-60,62,64-67H2,1-2H3,(H,81,85)/b23-21-,47-45+,55-53+,63-61+. The van der Waals surface area contributed by atoms with E-state index in [1.165, 1.54) is 283 Å². The Kier molecular flexibility index (Phi) is 60.3. The molecule has 0 aromatic carbocycles. The van der Waals surface area contributed by atoms with E-state index in [1.807, 2.05) is 6.08 Å². The van der Waals surface area contributed by atoms with Crippen LogP contribution < -0.4 is 5.32 Å². The minimum Gasteiger partial charge on any atom is -0.394 e. The maximum atomic E-state index is 13.3. The maximum absolute atomic E-state index is 13.3. The Bertz CT molecular complexity index is 1760. The SMILES string of the molecule is CCCCCCCCCC/C=C\CCCCCCCCCCCCCCCCCCCCCCCCCCCCCCCC(=O)NC(COC1OC(CO)C(OC2OC(CO)C(O)C(O)C2O)C(O)C1O)C(O)/C=C/CC/C=C/CC/C=C/CCCCCCCCCCC. The Morgan fingerprint density at radius 1 is 0.372 bits per heavy atom. The lowest BCUT2D eigenvalue weighted by Crippen LogP contribution is -2.65. The minimum absolute atomic E-state index is 0.247. The van der Waals surface area contributed by atoms with Gasteiger partial charge in [0.25, 0.3) is 0 Å². The van der Waals surface area contributed by atoms with Gasteiger partial charge in [-0.2, -0.15) is 0 Å². The summed E-state index contributed by atoms with van der Waals surface area (Å²) < 4.78 is 22.9. The van der Waals surface area contributed by atoms with E-state index in [2.05, 4.69) is 55.6 Å². The Hall–Kier alpha value is -2.05. The summed E-state index contributed by atoms with van der Waals surface area (Å²) in [6, 6.07) is -0.938. The summed E-state index contributed by atoms with van der Waals surface area (Å²) in [5, 5.41) is 87.5. The number of carbonyl (C=O) groups is 1. The molecule has 0 aromatic rings. The van der Waals surface area contributed by atoms with Crippen molar-refractivity contribution in [3.63, 3.8) is 0 Å². The van der Waals surface area contributed by atoms with E-state index in [-0.39, 0.29) is 18.9 Å². The Balaban J connectivity index is 1.56. The molecule has 0 spiro atoms. The summed E-state index contributed by atoms with van der Waals surface area (Å²) in [5.41, 5.74) is 0. The number of amides is 1. The molecule has 0 bridgehead atoms. The van der Waals surface area contributed by atoms with E-state index >= 15 is 0 Å². The lowest BCUT2D eigenvalue weighted by Gasteiger charge is -2.46. The van der Waals surface area contributed by atoms with E-state index < -0.39 is 86.8 Å². The Morgan fingerprint density at radius 3 is 1.04 bits per heavy atom. The molecule has 12 atom stereocenters. The number of allylic oxidation sites excluding steroid dienone is 7. The second-order valence-corrected chi connectivity index (χ2v) is 28.2. The lowest BCUT2D eigenvalue weighted by atomic mass is 9.97. The molecule has 94 heavy (non-hydrogen) atoms. The molecule has 2 aliphatic rings. The fraction of sp³-hybridized carbons (Fsp3) is 0.887. The molecule has 0 aromatic heterocycles. The van der Waals surface area contributed by atoms with Crippen LogP contribution in [0.5, 0.6) is 0 Å². The molecule has 552 valence electrons. The van der Waals surface area contributed by atoms with Crippen molar-refractivity contribution < 1.29 is 64.6 Å². The highest BCUT2D eigenvalue weighted by Gasteiger charge is 2.51. The molecule has 0 radical (unpaired) electrons. The van der Waals surface area contributed by atoms with Crippen LogP contribution in [0.3, 0.4) is 0 Å². The van der Waals surface area contributed by atoms with Crippen molar-refractivity contribution in [2.45, 2.75) is 434 Å². The zero-order chi connectivity index (χ0) is 68.0. The van der Waals surface area contributed by atoms with Gasteiger partial charge >= 0.3 is 0 Å². The smallest absolute Gasteiger partial charge is 0.220 e. The van der Waals surface area contributed by atoms with Gasteiger partial charge in [-0.25, -0.2) is 0 Å². The van der Waals surface area contributed by atoms with Crippen LogP contribution in [0.25, 0.3) is 0 Å². The molecule has 2 saturated heterocycles. The second-order valence-electron chi connectivity index (χ2n) is 28.2. The highest BCUT2D eigenvalue weighted by Crippen LogP contribution is 2.30. The van der Waals surface area contributed by atoms with Gasteiger partial charge < -0.3 is 65.1 Å². The van der Waals surface area contributed by atoms with Crippen LogP contribution in [0.15, 0.2) is 48.6 Å². The average molecular weight is 1330 g/mol.